The summed E-state index contributed by atoms with van der Waals surface area (Å²) in [5.74, 6) is 1.79. The molecule has 0 spiro atoms. The molecule has 33 heavy (non-hydrogen) atoms. The van der Waals surface area contributed by atoms with E-state index in [9.17, 15) is 4.79 Å². The van der Waals surface area contributed by atoms with Gasteiger partial charge in [-0.3, -0.25) is 4.79 Å². The highest BCUT2D eigenvalue weighted by atomic mass is 32.2. The lowest BCUT2D eigenvalue weighted by atomic mass is 9.98. The second kappa shape index (κ2) is 9.68. The van der Waals surface area contributed by atoms with Crippen LogP contribution in [-0.4, -0.2) is 50.4 Å². The summed E-state index contributed by atoms with van der Waals surface area (Å²) in [7, 11) is 6.18. The Bertz CT molecular complexity index is 1290. The van der Waals surface area contributed by atoms with Gasteiger partial charge in [0.2, 0.25) is 5.75 Å². The molecule has 0 unspecified atom stereocenters. The van der Waals surface area contributed by atoms with Gasteiger partial charge in [0.1, 0.15) is 10.6 Å². The number of benzene rings is 2. The van der Waals surface area contributed by atoms with Crippen molar-refractivity contribution in [1.29, 1.82) is 0 Å². The number of hydrogen-bond acceptors (Lipinski definition) is 9. The van der Waals surface area contributed by atoms with Crippen LogP contribution in [0.25, 0.3) is 20.7 Å². The number of carbonyl (C=O) groups is 1. The Morgan fingerprint density at radius 1 is 0.939 bits per heavy atom. The molecule has 7 nitrogen and oxygen atoms in total. The van der Waals surface area contributed by atoms with Gasteiger partial charge in [0.25, 0.3) is 0 Å². The zero-order valence-corrected chi connectivity index (χ0v) is 20.4. The maximum absolute atomic E-state index is 13.9. The molecule has 0 saturated carbocycles. The molecule has 0 fully saturated rings. The molecule has 0 amide bonds. The molecule has 0 bridgehead atoms. The normalized spacial score (nSPS) is 10.8. The van der Waals surface area contributed by atoms with Crippen LogP contribution in [0.4, 0.5) is 0 Å². The fourth-order valence-electron chi connectivity index (χ4n) is 3.50. The van der Waals surface area contributed by atoms with Crippen molar-refractivity contribution >= 4 is 39.1 Å². The maximum Gasteiger partial charge on any atom is 0.203 e. The largest absolute Gasteiger partial charge is 0.497 e. The van der Waals surface area contributed by atoms with Gasteiger partial charge >= 0.3 is 0 Å². The lowest BCUT2D eigenvalue weighted by Crippen LogP contribution is -2.05. The van der Waals surface area contributed by atoms with E-state index in [-0.39, 0.29) is 5.78 Å². The summed E-state index contributed by atoms with van der Waals surface area (Å²) in [5, 5.41) is 1.35. The monoisotopic (exact) mass is 482 g/mol. The number of hydrogen-bond donors (Lipinski definition) is 0. The van der Waals surface area contributed by atoms with E-state index in [0.29, 0.717) is 38.9 Å². The van der Waals surface area contributed by atoms with Crippen LogP contribution in [0, 0.1) is 0 Å². The predicted molar refractivity (Wildman–Crippen MR) is 131 cm³/mol. The van der Waals surface area contributed by atoms with Crippen molar-refractivity contribution in [2.24, 2.45) is 0 Å². The van der Waals surface area contributed by atoms with E-state index in [1.165, 1.54) is 44.4 Å². The van der Waals surface area contributed by atoms with E-state index in [2.05, 4.69) is 9.97 Å². The minimum absolute atomic E-state index is 0.188. The Morgan fingerprint density at radius 3 is 2.15 bits per heavy atom. The fourth-order valence-corrected chi connectivity index (χ4v) is 5.04. The molecule has 0 N–H and O–H groups in total. The molecule has 0 radical (unpaired) electrons. The lowest BCUT2D eigenvalue weighted by Gasteiger charge is -2.14. The molecule has 4 aromatic rings. The number of nitrogens with zero attached hydrogens (tertiary/aromatic N) is 2. The third-order valence-electron chi connectivity index (χ3n) is 5.12. The van der Waals surface area contributed by atoms with Crippen molar-refractivity contribution in [2.75, 3.05) is 34.7 Å². The minimum Gasteiger partial charge on any atom is -0.497 e. The Morgan fingerprint density at radius 2 is 1.61 bits per heavy atom. The van der Waals surface area contributed by atoms with Gasteiger partial charge in [-0.05, 0) is 48.2 Å². The standard InChI is InChI=1S/C24H22N2O5S2/c1-28-15-8-6-13(7-9-15)22-19(16-12-25-24(32-5)26-23(16)33-22)20(27)14-10-17(29-2)21(31-4)18(11-14)30-3/h6-12H,1-5H3. The topological polar surface area (TPSA) is 79.8 Å². The van der Waals surface area contributed by atoms with Crippen LogP contribution in [0.15, 0.2) is 47.8 Å². The maximum atomic E-state index is 13.9. The summed E-state index contributed by atoms with van der Waals surface area (Å²) < 4.78 is 21.6. The number of carbonyl (C=O) groups excluding carboxylic acids is 1. The summed E-state index contributed by atoms with van der Waals surface area (Å²) in [5.41, 5.74) is 1.83. The Hall–Kier alpha value is -3.30. The molecule has 170 valence electrons. The number of ketones is 1. The molecular formula is C24H22N2O5S2. The number of thioether (sulfide) groups is 1. The molecule has 0 saturated heterocycles. The second-order valence-corrected chi connectivity index (χ2v) is 8.63. The zero-order chi connectivity index (χ0) is 23.5. The first-order chi connectivity index (χ1) is 16.0. The lowest BCUT2D eigenvalue weighted by molar-refractivity contribution is 0.104. The summed E-state index contributed by atoms with van der Waals surface area (Å²) in [6, 6.07) is 10.9. The van der Waals surface area contributed by atoms with Gasteiger partial charge in [0.15, 0.2) is 22.4 Å². The molecular weight excluding hydrogens is 460 g/mol. The molecule has 2 heterocycles. The van der Waals surface area contributed by atoms with Gasteiger partial charge in [-0.15, -0.1) is 11.3 Å². The summed E-state index contributed by atoms with van der Waals surface area (Å²) in [6.07, 6.45) is 3.63. The minimum atomic E-state index is -0.188. The number of fused-ring (bicyclic) bond motifs is 1. The SMILES string of the molecule is COc1ccc(-c2sc3nc(SC)ncc3c2C(=O)c2cc(OC)c(OC)c(OC)c2)cc1. The van der Waals surface area contributed by atoms with E-state index < -0.39 is 0 Å². The summed E-state index contributed by atoms with van der Waals surface area (Å²) in [4.78, 5) is 24.5. The quantitative estimate of drug-likeness (QED) is 0.189. The molecule has 0 atom stereocenters. The Labute approximate surface area is 199 Å². The number of aromatic nitrogens is 2. The van der Waals surface area contributed by atoms with Crippen molar-refractivity contribution < 1.29 is 23.7 Å². The van der Waals surface area contributed by atoms with Crippen LogP contribution in [0.5, 0.6) is 23.0 Å². The van der Waals surface area contributed by atoms with Crippen molar-refractivity contribution in [3.05, 3.63) is 53.7 Å². The van der Waals surface area contributed by atoms with Crippen LogP contribution in [0.1, 0.15) is 15.9 Å². The molecule has 2 aromatic carbocycles. The van der Waals surface area contributed by atoms with Crippen molar-refractivity contribution in [3.63, 3.8) is 0 Å². The first-order valence-electron chi connectivity index (χ1n) is 9.87. The Kier molecular flexibility index (Phi) is 6.71. The van der Waals surface area contributed by atoms with Gasteiger partial charge < -0.3 is 18.9 Å². The highest BCUT2D eigenvalue weighted by Crippen LogP contribution is 2.42. The Balaban J connectivity index is 1.94. The van der Waals surface area contributed by atoms with Crippen molar-refractivity contribution in [2.45, 2.75) is 5.16 Å². The van der Waals surface area contributed by atoms with Crippen LogP contribution in [0.2, 0.25) is 0 Å². The second-order valence-electron chi connectivity index (χ2n) is 6.85. The van der Waals surface area contributed by atoms with Crippen LogP contribution >= 0.6 is 23.1 Å². The van der Waals surface area contributed by atoms with Gasteiger partial charge in [-0.1, -0.05) is 11.8 Å². The fraction of sp³-hybridized carbons (Fsp3) is 0.208. The number of methoxy groups -OCH3 is 4. The molecule has 2 aromatic heterocycles. The van der Waals surface area contributed by atoms with E-state index in [1.54, 1.807) is 25.4 Å². The van der Waals surface area contributed by atoms with E-state index >= 15 is 0 Å². The predicted octanol–water partition coefficient (Wildman–Crippen LogP) is 5.35. The smallest absolute Gasteiger partial charge is 0.203 e. The molecule has 0 aliphatic carbocycles. The highest BCUT2D eigenvalue weighted by molar-refractivity contribution is 7.98. The van der Waals surface area contributed by atoms with Gasteiger partial charge in [-0.2, -0.15) is 0 Å². The van der Waals surface area contributed by atoms with E-state index in [0.717, 1.165) is 21.0 Å². The molecule has 9 heteroatoms. The average Bonchev–Trinajstić information content (AvgIpc) is 3.25. The molecule has 0 aliphatic heterocycles. The third kappa shape index (κ3) is 4.21. The molecule has 0 aliphatic rings. The number of rotatable bonds is 8. The van der Waals surface area contributed by atoms with Crippen molar-refractivity contribution in [1.82, 2.24) is 9.97 Å². The number of thiophene rings is 1. The van der Waals surface area contributed by atoms with Crippen molar-refractivity contribution in [3.8, 4) is 33.4 Å². The number of ether oxygens (including phenoxy) is 4. The molecule has 4 rings (SSSR count). The van der Waals surface area contributed by atoms with Gasteiger partial charge in [0, 0.05) is 22.0 Å². The van der Waals surface area contributed by atoms with Crippen LogP contribution < -0.4 is 18.9 Å². The summed E-state index contributed by atoms with van der Waals surface area (Å²) >= 11 is 2.91. The van der Waals surface area contributed by atoms with Gasteiger partial charge in [-0.25, -0.2) is 9.97 Å². The van der Waals surface area contributed by atoms with Crippen LogP contribution in [0.3, 0.4) is 0 Å². The third-order valence-corrected chi connectivity index (χ3v) is 6.83. The average molecular weight is 483 g/mol. The first-order valence-corrected chi connectivity index (χ1v) is 11.9. The van der Waals surface area contributed by atoms with Gasteiger partial charge in [0.05, 0.1) is 34.0 Å². The first kappa shape index (κ1) is 22.9. The highest BCUT2D eigenvalue weighted by Gasteiger charge is 2.25. The van der Waals surface area contributed by atoms with Crippen LogP contribution in [-0.2, 0) is 0 Å². The summed E-state index contributed by atoms with van der Waals surface area (Å²) in [6.45, 7) is 0. The van der Waals surface area contributed by atoms with E-state index in [1.807, 2.05) is 30.5 Å². The zero-order valence-electron chi connectivity index (χ0n) is 18.8. The van der Waals surface area contributed by atoms with E-state index in [4.69, 9.17) is 18.9 Å².